The van der Waals surface area contributed by atoms with E-state index in [0.717, 1.165) is 5.56 Å². The Morgan fingerprint density at radius 3 is 2.28 bits per heavy atom. The summed E-state index contributed by atoms with van der Waals surface area (Å²) in [6.07, 6.45) is 0. The van der Waals surface area contributed by atoms with E-state index >= 15 is 0 Å². The standard InChI is InChI=1S/C21H23Cl3N2O2S/c1-3-25-21(28)14(2)26(11-17-18(23)5-4-6-19(17)24)20(27)13-29-12-15-7-9-16(22)10-8-15/h4-10,14H,3,11-13H2,1-2H3,(H,25,28)/t14-/m1/s1. The largest absolute Gasteiger partial charge is 0.355 e. The molecule has 0 radical (unpaired) electrons. The van der Waals surface area contributed by atoms with E-state index in [-0.39, 0.29) is 24.1 Å². The predicted molar refractivity (Wildman–Crippen MR) is 123 cm³/mol. The fourth-order valence-corrected chi connectivity index (χ4v) is 4.19. The average molecular weight is 474 g/mol. The Labute approximate surface area is 190 Å². The zero-order valence-electron chi connectivity index (χ0n) is 16.3. The lowest BCUT2D eigenvalue weighted by Crippen LogP contribution is -2.48. The highest BCUT2D eigenvalue weighted by atomic mass is 35.5. The van der Waals surface area contributed by atoms with E-state index in [1.54, 1.807) is 25.1 Å². The van der Waals surface area contributed by atoms with Crippen molar-refractivity contribution < 1.29 is 9.59 Å². The minimum atomic E-state index is -0.647. The number of nitrogens with one attached hydrogen (secondary N) is 1. The topological polar surface area (TPSA) is 49.4 Å². The smallest absolute Gasteiger partial charge is 0.242 e. The predicted octanol–water partition coefficient (Wildman–Crippen LogP) is 5.43. The molecule has 0 spiro atoms. The van der Waals surface area contributed by atoms with Crippen LogP contribution in [-0.2, 0) is 21.9 Å². The molecule has 0 bridgehead atoms. The lowest BCUT2D eigenvalue weighted by atomic mass is 10.1. The summed E-state index contributed by atoms with van der Waals surface area (Å²) >= 11 is 19.9. The Balaban J connectivity index is 2.11. The van der Waals surface area contributed by atoms with Gasteiger partial charge in [-0.1, -0.05) is 53.0 Å². The van der Waals surface area contributed by atoms with Crippen LogP contribution in [-0.4, -0.2) is 35.1 Å². The Morgan fingerprint density at radius 2 is 1.69 bits per heavy atom. The van der Waals surface area contributed by atoms with Gasteiger partial charge in [0.15, 0.2) is 0 Å². The normalized spacial score (nSPS) is 11.8. The third-order valence-electron chi connectivity index (χ3n) is 4.32. The van der Waals surface area contributed by atoms with Crippen LogP contribution in [0.5, 0.6) is 0 Å². The van der Waals surface area contributed by atoms with Gasteiger partial charge in [-0.3, -0.25) is 9.59 Å². The first kappa shape index (κ1) is 23.9. The van der Waals surface area contributed by atoms with E-state index in [2.05, 4.69) is 5.32 Å². The second-order valence-electron chi connectivity index (χ2n) is 6.41. The highest BCUT2D eigenvalue weighted by Gasteiger charge is 2.27. The maximum absolute atomic E-state index is 13.0. The zero-order chi connectivity index (χ0) is 21.4. The van der Waals surface area contributed by atoms with Crippen molar-refractivity contribution in [3.8, 4) is 0 Å². The van der Waals surface area contributed by atoms with E-state index in [1.807, 2.05) is 31.2 Å². The van der Waals surface area contributed by atoms with Crippen LogP contribution >= 0.6 is 46.6 Å². The Kier molecular flexibility index (Phi) is 9.63. The Bertz CT molecular complexity index is 826. The van der Waals surface area contributed by atoms with Gasteiger partial charge < -0.3 is 10.2 Å². The summed E-state index contributed by atoms with van der Waals surface area (Å²) < 4.78 is 0. The number of hydrogen-bond acceptors (Lipinski definition) is 3. The number of carbonyl (C=O) groups is 2. The van der Waals surface area contributed by atoms with Gasteiger partial charge in [-0.15, -0.1) is 11.8 Å². The summed E-state index contributed by atoms with van der Waals surface area (Å²) in [5.41, 5.74) is 1.70. The van der Waals surface area contributed by atoms with E-state index < -0.39 is 6.04 Å². The molecule has 2 aromatic rings. The molecule has 0 aliphatic heterocycles. The molecular weight excluding hydrogens is 451 g/mol. The fraction of sp³-hybridized carbons (Fsp3) is 0.333. The van der Waals surface area contributed by atoms with Gasteiger partial charge in [0.25, 0.3) is 0 Å². The van der Waals surface area contributed by atoms with Crippen LogP contribution in [0, 0.1) is 0 Å². The summed E-state index contributed by atoms with van der Waals surface area (Å²) in [5, 5.41) is 4.37. The molecule has 4 nitrogen and oxygen atoms in total. The van der Waals surface area contributed by atoms with Gasteiger partial charge in [0.2, 0.25) is 11.8 Å². The van der Waals surface area contributed by atoms with Crippen molar-refractivity contribution in [1.82, 2.24) is 10.2 Å². The molecule has 156 valence electrons. The highest BCUT2D eigenvalue weighted by molar-refractivity contribution is 7.99. The fourth-order valence-electron chi connectivity index (χ4n) is 2.68. The van der Waals surface area contributed by atoms with Crippen LogP contribution in [0.25, 0.3) is 0 Å². The first-order chi connectivity index (χ1) is 13.8. The summed E-state index contributed by atoms with van der Waals surface area (Å²) in [6.45, 7) is 4.20. The van der Waals surface area contributed by atoms with Gasteiger partial charge in [0.1, 0.15) is 6.04 Å². The number of nitrogens with zero attached hydrogens (tertiary/aromatic N) is 1. The maximum atomic E-state index is 13.0. The van der Waals surface area contributed by atoms with Crippen molar-refractivity contribution in [3.05, 3.63) is 68.7 Å². The molecule has 0 saturated heterocycles. The van der Waals surface area contributed by atoms with Gasteiger partial charge in [-0.05, 0) is 43.7 Å². The van der Waals surface area contributed by atoms with Crippen molar-refractivity contribution in [1.29, 1.82) is 0 Å². The summed E-state index contributed by atoms with van der Waals surface area (Å²) in [6, 6.07) is 12.0. The van der Waals surface area contributed by atoms with Crippen LogP contribution < -0.4 is 5.32 Å². The molecule has 8 heteroatoms. The molecule has 0 aromatic heterocycles. The monoisotopic (exact) mass is 472 g/mol. The number of thioether (sulfide) groups is 1. The maximum Gasteiger partial charge on any atom is 0.242 e. The van der Waals surface area contributed by atoms with Crippen molar-refractivity contribution in [2.24, 2.45) is 0 Å². The molecule has 1 N–H and O–H groups in total. The molecule has 2 rings (SSSR count). The van der Waals surface area contributed by atoms with E-state index in [9.17, 15) is 9.59 Å². The third kappa shape index (κ3) is 7.10. The van der Waals surface area contributed by atoms with Crippen LogP contribution in [0.4, 0.5) is 0 Å². The van der Waals surface area contributed by atoms with Gasteiger partial charge in [-0.2, -0.15) is 0 Å². The molecule has 0 saturated carbocycles. The van der Waals surface area contributed by atoms with Crippen LogP contribution in [0.3, 0.4) is 0 Å². The van der Waals surface area contributed by atoms with Gasteiger partial charge in [0.05, 0.1) is 5.75 Å². The van der Waals surface area contributed by atoms with Gasteiger partial charge in [0, 0.05) is 39.5 Å². The highest BCUT2D eigenvalue weighted by Crippen LogP contribution is 2.27. The molecule has 0 unspecified atom stereocenters. The van der Waals surface area contributed by atoms with Crippen molar-refractivity contribution >= 4 is 58.4 Å². The van der Waals surface area contributed by atoms with E-state index in [0.29, 0.717) is 32.9 Å². The first-order valence-corrected chi connectivity index (χ1v) is 11.4. The Morgan fingerprint density at radius 1 is 1.07 bits per heavy atom. The number of carbonyl (C=O) groups excluding carboxylic acids is 2. The summed E-state index contributed by atoms with van der Waals surface area (Å²) in [4.78, 5) is 26.9. The number of hydrogen-bond donors (Lipinski definition) is 1. The molecule has 1 atom stereocenters. The number of benzene rings is 2. The summed E-state index contributed by atoms with van der Waals surface area (Å²) in [5.74, 6) is 0.526. The molecule has 0 aliphatic rings. The Hall–Kier alpha value is -1.40. The quantitative estimate of drug-likeness (QED) is 0.528. The van der Waals surface area contributed by atoms with Crippen LogP contribution in [0.1, 0.15) is 25.0 Å². The third-order valence-corrected chi connectivity index (χ3v) is 6.26. The van der Waals surface area contributed by atoms with Crippen LogP contribution in [0.15, 0.2) is 42.5 Å². The molecule has 0 fully saturated rings. The average Bonchev–Trinajstić information content (AvgIpc) is 2.69. The summed E-state index contributed by atoms with van der Waals surface area (Å²) in [7, 11) is 0. The lowest BCUT2D eigenvalue weighted by molar-refractivity contribution is -0.138. The number of halogens is 3. The van der Waals surface area contributed by atoms with Crippen molar-refractivity contribution in [2.45, 2.75) is 32.2 Å². The van der Waals surface area contributed by atoms with E-state index in [4.69, 9.17) is 34.8 Å². The molecule has 29 heavy (non-hydrogen) atoms. The molecule has 2 aromatic carbocycles. The first-order valence-electron chi connectivity index (χ1n) is 9.15. The lowest BCUT2D eigenvalue weighted by Gasteiger charge is -2.29. The number of likely N-dealkylation sites (N-methyl/N-ethyl adjacent to an activating group) is 1. The minimum absolute atomic E-state index is 0.154. The second kappa shape index (κ2) is 11.7. The minimum Gasteiger partial charge on any atom is -0.355 e. The van der Waals surface area contributed by atoms with Gasteiger partial charge >= 0.3 is 0 Å². The zero-order valence-corrected chi connectivity index (χ0v) is 19.3. The van der Waals surface area contributed by atoms with E-state index in [1.165, 1.54) is 16.7 Å². The molecule has 0 aliphatic carbocycles. The molecule has 2 amide bonds. The van der Waals surface area contributed by atoms with Crippen molar-refractivity contribution in [3.63, 3.8) is 0 Å². The number of amides is 2. The molecule has 0 heterocycles. The molecular formula is C21H23Cl3N2O2S. The number of rotatable bonds is 9. The SMILES string of the molecule is CCNC(=O)[C@@H](C)N(Cc1c(Cl)cccc1Cl)C(=O)CSCc1ccc(Cl)cc1. The van der Waals surface area contributed by atoms with Gasteiger partial charge in [-0.25, -0.2) is 0 Å². The van der Waals surface area contributed by atoms with Crippen LogP contribution in [0.2, 0.25) is 15.1 Å². The second-order valence-corrected chi connectivity index (χ2v) is 8.65. The van der Waals surface area contributed by atoms with Crippen molar-refractivity contribution in [2.75, 3.05) is 12.3 Å².